The van der Waals surface area contributed by atoms with Crippen LogP contribution in [-0.2, 0) is 19.5 Å². The first-order valence-electron chi connectivity index (χ1n) is 26.2. The molecule has 17 nitrogen and oxygen atoms in total. The predicted octanol–water partition coefficient (Wildman–Crippen LogP) is 9.07. The summed E-state index contributed by atoms with van der Waals surface area (Å²) in [6.45, 7) is 12.5. The fraction of sp³-hybridized carbons (Fsp3) is 0.527. The fourth-order valence-electron chi connectivity index (χ4n) is 12.7. The number of anilines is 4. The first-order chi connectivity index (χ1) is 35.3. The molecule has 0 bridgehead atoms. The van der Waals surface area contributed by atoms with Crippen molar-refractivity contribution in [2.75, 3.05) is 61.1 Å². The fourth-order valence-corrected chi connectivity index (χ4v) is 13.7. The molecule has 2 saturated carbocycles. The number of aromatic nitrogens is 2. The van der Waals surface area contributed by atoms with E-state index in [0.717, 1.165) is 82.9 Å². The first-order valence-corrected chi connectivity index (χ1v) is 27.7. The summed E-state index contributed by atoms with van der Waals surface area (Å²) >= 11 is 0. The summed E-state index contributed by atoms with van der Waals surface area (Å²) in [5, 5.41) is 26.2. The second-order valence-corrected chi connectivity index (χ2v) is 24.4. The number of aryl methyl sites for hydroxylation is 1. The molecule has 2 aromatic heterocycles. The summed E-state index contributed by atoms with van der Waals surface area (Å²) < 4.78 is 65.1. The van der Waals surface area contributed by atoms with E-state index in [9.17, 15) is 28.4 Å². The molecule has 3 atom stereocenters. The molecule has 4 N–H and O–H groups in total. The maximum atomic E-state index is 15.4. The summed E-state index contributed by atoms with van der Waals surface area (Å²) in [6, 6.07) is 19.4. The molecule has 5 aromatic rings. The van der Waals surface area contributed by atoms with Crippen molar-refractivity contribution in [3.63, 3.8) is 0 Å². The number of sulfonamides is 1. The number of nitrogens with zero attached hydrogens (tertiary/aromatic N) is 5. The van der Waals surface area contributed by atoms with Crippen LogP contribution in [-0.4, -0.2) is 115 Å². The second-order valence-electron chi connectivity index (χ2n) is 22.7. The summed E-state index contributed by atoms with van der Waals surface area (Å²) in [7, 11) is -4.69. The minimum Gasteiger partial charge on any atom is -0.468 e. The van der Waals surface area contributed by atoms with Gasteiger partial charge >= 0.3 is 0 Å². The van der Waals surface area contributed by atoms with Crippen molar-refractivity contribution in [2.24, 2.45) is 11.3 Å². The molecule has 394 valence electrons. The summed E-state index contributed by atoms with van der Waals surface area (Å²) in [5.74, 6) is -1.10. The minimum atomic E-state index is -4.69. The van der Waals surface area contributed by atoms with Crippen LogP contribution in [0, 0.1) is 34.2 Å². The van der Waals surface area contributed by atoms with Crippen molar-refractivity contribution >= 4 is 55.4 Å². The lowest BCUT2D eigenvalue weighted by Gasteiger charge is -2.56. The predicted molar refractivity (Wildman–Crippen MR) is 279 cm³/mol. The molecule has 4 aliphatic heterocycles. The highest BCUT2D eigenvalue weighted by molar-refractivity contribution is 7.90. The third-order valence-corrected chi connectivity index (χ3v) is 18.4. The maximum absolute atomic E-state index is 15.4. The average Bonchev–Trinajstić information content (AvgIpc) is 3.54. The van der Waals surface area contributed by atoms with E-state index in [4.69, 9.17) is 19.2 Å². The Morgan fingerprint density at radius 3 is 2.50 bits per heavy atom. The Kier molecular flexibility index (Phi) is 13.2. The molecule has 74 heavy (non-hydrogen) atoms. The molecule has 1 amide bonds. The zero-order valence-electron chi connectivity index (χ0n) is 42.6. The number of benzene rings is 3. The Labute approximate surface area is 431 Å². The van der Waals surface area contributed by atoms with E-state index in [1.54, 1.807) is 19.1 Å². The number of aliphatic hydroxyl groups is 1. The van der Waals surface area contributed by atoms with Crippen molar-refractivity contribution in [2.45, 2.75) is 132 Å². The number of piperidine rings is 1. The third-order valence-electron chi connectivity index (χ3n) is 17.1. The highest BCUT2D eigenvalue weighted by Crippen LogP contribution is 2.54. The maximum Gasteiger partial charge on any atom is 0.293 e. The topological polar surface area (TPSA) is 205 Å². The largest absolute Gasteiger partial charge is 0.468 e. The van der Waals surface area contributed by atoms with E-state index in [0.29, 0.717) is 49.8 Å². The van der Waals surface area contributed by atoms with Gasteiger partial charge in [0, 0.05) is 63.2 Å². The second kappa shape index (κ2) is 19.4. The number of nitrogens with one attached hydrogen (secondary N) is 3. The van der Waals surface area contributed by atoms with Crippen LogP contribution in [0.4, 0.5) is 32.8 Å². The molecule has 0 radical (unpaired) electrons. The molecule has 5 fully saturated rings. The zero-order valence-corrected chi connectivity index (χ0v) is 43.4. The Morgan fingerprint density at radius 1 is 0.973 bits per heavy atom. The van der Waals surface area contributed by atoms with Crippen LogP contribution < -0.4 is 24.6 Å². The van der Waals surface area contributed by atoms with Gasteiger partial charge in [0.25, 0.3) is 21.6 Å². The van der Waals surface area contributed by atoms with Crippen LogP contribution in [0.2, 0.25) is 0 Å². The van der Waals surface area contributed by atoms with Crippen LogP contribution in [0.1, 0.15) is 113 Å². The number of halogens is 1. The van der Waals surface area contributed by atoms with Crippen LogP contribution in [0.15, 0.2) is 77.8 Å². The minimum absolute atomic E-state index is 0.0158. The Morgan fingerprint density at radius 2 is 1.74 bits per heavy atom. The van der Waals surface area contributed by atoms with E-state index in [1.165, 1.54) is 29.5 Å². The van der Waals surface area contributed by atoms with E-state index >= 15 is 4.39 Å². The number of ether oxygens (including phenoxy) is 3. The molecule has 6 aliphatic rings. The monoisotopic (exact) mass is 1030 g/mol. The lowest BCUT2D eigenvalue weighted by molar-refractivity contribution is -0.384. The summed E-state index contributed by atoms with van der Waals surface area (Å²) in [5.41, 5.74) is 3.06. The van der Waals surface area contributed by atoms with Crippen LogP contribution >= 0.6 is 0 Å². The summed E-state index contributed by atoms with van der Waals surface area (Å²) in [4.78, 5) is 40.7. The van der Waals surface area contributed by atoms with E-state index in [-0.39, 0.29) is 52.1 Å². The van der Waals surface area contributed by atoms with Crippen LogP contribution in [0.3, 0.4) is 0 Å². The quantitative estimate of drug-likeness (QED) is 0.0720. The lowest BCUT2D eigenvalue weighted by atomic mass is 9.59. The number of aromatic amines is 1. The van der Waals surface area contributed by atoms with Gasteiger partial charge in [-0.2, -0.15) is 4.98 Å². The van der Waals surface area contributed by atoms with Crippen molar-refractivity contribution in [3.8, 4) is 5.88 Å². The van der Waals surface area contributed by atoms with Gasteiger partial charge in [0.15, 0.2) is 0 Å². The number of H-pyrrole nitrogens is 1. The van der Waals surface area contributed by atoms with Gasteiger partial charge in [-0.1, -0.05) is 24.3 Å². The molecule has 2 aliphatic carbocycles. The van der Waals surface area contributed by atoms with Gasteiger partial charge < -0.3 is 39.4 Å². The van der Waals surface area contributed by atoms with Gasteiger partial charge in [0.1, 0.15) is 28.9 Å². The Balaban J connectivity index is 0.893. The molecule has 19 heteroatoms. The number of nitro groups is 1. The van der Waals surface area contributed by atoms with Crippen molar-refractivity contribution in [1.82, 2.24) is 19.6 Å². The van der Waals surface area contributed by atoms with E-state index < -0.39 is 60.6 Å². The van der Waals surface area contributed by atoms with Crippen LogP contribution in [0.5, 0.6) is 5.88 Å². The van der Waals surface area contributed by atoms with E-state index in [1.807, 2.05) is 30.9 Å². The molecule has 1 spiro atoms. The smallest absolute Gasteiger partial charge is 0.293 e. The average molecular weight is 1040 g/mol. The SMILES string of the molecule is Cc1ccccc1[C@@H]1COCCCN1C1CC2(CCN(c3ccc(C(=O)NS(=O)(=O)c4ccc(NC[C@H]5CC[C@](C)(O)CC5)c([N+](=O)[O-])c4)c(N4c5cc6c(F)c[nH]c6nc5O[C@H]5COC(C)(C)C[C@@H]54)c3)CC2)C1. The van der Waals surface area contributed by atoms with Crippen molar-refractivity contribution in [3.05, 3.63) is 106 Å². The molecule has 11 rings (SSSR count). The lowest BCUT2D eigenvalue weighted by Crippen LogP contribution is -2.57. The normalized spacial score (nSPS) is 26.1. The molecule has 6 heterocycles. The van der Waals surface area contributed by atoms with E-state index in [2.05, 4.69) is 56.0 Å². The number of hydrogen-bond acceptors (Lipinski definition) is 14. The number of fused-ring (bicyclic) bond motifs is 3. The number of nitro benzene ring substituents is 1. The Hall–Kier alpha value is -5.86. The zero-order chi connectivity index (χ0) is 51.7. The molecular weight excluding hydrogens is 968 g/mol. The van der Waals surface area contributed by atoms with Gasteiger partial charge in [-0.25, -0.2) is 17.5 Å². The number of carbonyl (C=O) groups is 1. The first kappa shape index (κ1) is 50.3. The van der Waals surface area contributed by atoms with Crippen molar-refractivity contribution < 1.29 is 41.8 Å². The number of pyridine rings is 1. The van der Waals surface area contributed by atoms with Gasteiger partial charge in [-0.15, -0.1) is 0 Å². The van der Waals surface area contributed by atoms with Gasteiger partial charge in [-0.05, 0) is 144 Å². The summed E-state index contributed by atoms with van der Waals surface area (Å²) in [6.07, 6.45) is 9.00. The van der Waals surface area contributed by atoms with Crippen molar-refractivity contribution in [1.29, 1.82) is 0 Å². The van der Waals surface area contributed by atoms with Gasteiger partial charge in [0.2, 0.25) is 5.88 Å². The number of carbonyl (C=O) groups excluding carboxylic acids is 1. The molecule has 3 saturated heterocycles. The number of amides is 1. The Bertz CT molecular complexity index is 3070. The molecule has 3 aromatic carbocycles. The number of hydrogen-bond donors (Lipinski definition) is 4. The van der Waals surface area contributed by atoms with Crippen LogP contribution in [0.25, 0.3) is 11.0 Å². The molecular formula is C55H67FN8O9S. The molecule has 0 unspecified atom stereocenters. The highest BCUT2D eigenvalue weighted by atomic mass is 32.2. The van der Waals surface area contributed by atoms with Gasteiger partial charge in [0.05, 0.1) is 63.0 Å². The standard InChI is InChI=1S/C55H67FN8O9S/c1-34-8-5-6-9-39(34)48-32-71-23-7-20-62(48)37-27-55(28-37)18-21-61(22-19-55)36-10-12-40(44(24-36)63-46-26-41-42(56)31-58-50(41)59-52(46)73-49-33-72-53(2,3)29-47(49)63)51(65)60-74(69,70)38-11-13-43(45(25-38)64(67)68)57-30-35-14-16-54(4,66)17-15-35/h5-6,8-13,24-26,31,35,37,47-49,57,66H,7,14-23,27-30,32-33H2,1-4H3,(H,58,59)(H,60,65)/t35-,47-,48-,49-,54-/m0/s1. The highest BCUT2D eigenvalue weighted by Gasteiger charge is 2.50. The third kappa shape index (κ3) is 9.81. The number of rotatable bonds is 11. The van der Waals surface area contributed by atoms with Gasteiger partial charge in [-0.3, -0.25) is 19.8 Å².